The fraction of sp³-hybridized carbons (Fsp3) is 0.941. The molecule has 23 heavy (non-hydrogen) atoms. The number of aliphatic imine (C=N–C) groups is 1. The molecule has 2 N–H and O–H groups in total. The summed E-state index contributed by atoms with van der Waals surface area (Å²) in [6, 6.07) is 1.15. The van der Waals surface area contributed by atoms with E-state index < -0.39 is 0 Å². The number of morpholine rings is 1. The Morgan fingerprint density at radius 3 is 2.52 bits per heavy atom. The molecule has 0 saturated carbocycles. The van der Waals surface area contributed by atoms with Crippen LogP contribution < -0.4 is 10.6 Å². The van der Waals surface area contributed by atoms with E-state index in [-0.39, 0.29) is 0 Å². The monoisotopic (exact) mass is 325 g/mol. The lowest BCUT2D eigenvalue weighted by atomic mass is 10.0. The lowest BCUT2D eigenvalue weighted by molar-refractivity contribution is 0.00752. The molecule has 2 saturated heterocycles. The molecule has 0 aliphatic carbocycles. The molecular weight excluding hydrogens is 290 g/mol. The summed E-state index contributed by atoms with van der Waals surface area (Å²) in [6.45, 7) is 11.5. The molecule has 0 aromatic carbocycles. The third-order valence-electron chi connectivity index (χ3n) is 5.16. The first kappa shape index (κ1) is 18.5. The molecule has 0 amide bonds. The van der Waals surface area contributed by atoms with E-state index >= 15 is 0 Å². The van der Waals surface area contributed by atoms with Crippen molar-refractivity contribution in [2.75, 3.05) is 60.0 Å². The summed E-state index contributed by atoms with van der Waals surface area (Å²) < 4.78 is 5.48. The van der Waals surface area contributed by atoms with Gasteiger partial charge in [0.2, 0.25) is 0 Å². The van der Waals surface area contributed by atoms with Gasteiger partial charge in [-0.1, -0.05) is 13.8 Å². The minimum atomic E-state index is 0.520. The number of ether oxygens (including phenoxy) is 1. The fourth-order valence-corrected chi connectivity index (χ4v) is 3.57. The quantitative estimate of drug-likeness (QED) is 0.553. The summed E-state index contributed by atoms with van der Waals surface area (Å²) in [5.74, 6) is 1.53. The van der Waals surface area contributed by atoms with Gasteiger partial charge in [-0.3, -0.25) is 9.89 Å². The first-order valence-electron chi connectivity index (χ1n) is 9.08. The number of hydrogen-bond donors (Lipinski definition) is 2. The molecular formula is C17H35N5O. The van der Waals surface area contributed by atoms with Gasteiger partial charge in [-0.05, 0) is 32.4 Å². The van der Waals surface area contributed by atoms with E-state index in [1.54, 1.807) is 0 Å². The van der Waals surface area contributed by atoms with Gasteiger partial charge in [-0.2, -0.15) is 0 Å². The number of rotatable bonds is 6. The smallest absolute Gasteiger partial charge is 0.191 e. The second-order valence-electron chi connectivity index (χ2n) is 7.07. The highest BCUT2D eigenvalue weighted by atomic mass is 16.5. The lowest BCUT2D eigenvalue weighted by Crippen LogP contribution is -2.53. The van der Waals surface area contributed by atoms with Crippen molar-refractivity contribution < 1.29 is 4.74 Å². The summed E-state index contributed by atoms with van der Waals surface area (Å²) in [5, 5.41) is 7.02. The highest BCUT2D eigenvalue weighted by molar-refractivity contribution is 5.79. The van der Waals surface area contributed by atoms with Gasteiger partial charge in [0.25, 0.3) is 0 Å². The molecule has 2 heterocycles. The van der Waals surface area contributed by atoms with Gasteiger partial charge in [-0.15, -0.1) is 0 Å². The van der Waals surface area contributed by atoms with Gasteiger partial charge in [0.15, 0.2) is 5.96 Å². The van der Waals surface area contributed by atoms with Crippen molar-refractivity contribution in [3.63, 3.8) is 0 Å². The predicted molar refractivity (Wildman–Crippen MR) is 96.0 cm³/mol. The predicted octanol–water partition coefficient (Wildman–Crippen LogP) is 0.602. The minimum Gasteiger partial charge on any atom is -0.379 e. The molecule has 0 aromatic heterocycles. The largest absolute Gasteiger partial charge is 0.379 e. The van der Waals surface area contributed by atoms with Gasteiger partial charge in [0.1, 0.15) is 0 Å². The molecule has 0 aromatic rings. The van der Waals surface area contributed by atoms with Crippen LogP contribution in [-0.4, -0.2) is 87.9 Å². The summed E-state index contributed by atoms with van der Waals surface area (Å²) in [4.78, 5) is 9.36. The van der Waals surface area contributed by atoms with Crippen molar-refractivity contribution in [1.82, 2.24) is 20.4 Å². The lowest BCUT2D eigenvalue weighted by Gasteiger charge is -2.37. The summed E-state index contributed by atoms with van der Waals surface area (Å²) >= 11 is 0. The highest BCUT2D eigenvalue weighted by Crippen LogP contribution is 2.14. The van der Waals surface area contributed by atoms with Crippen LogP contribution in [0, 0.1) is 5.92 Å². The molecule has 134 valence electrons. The van der Waals surface area contributed by atoms with Crippen LogP contribution in [0.15, 0.2) is 4.99 Å². The summed E-state index contributed by atoms with van der Waals surface area (Å²) in [6.07, 6.45) is 2.59. The van der Waals surface area contributed by atoms with Gasteiger partial charge in [0.05, 0.1) is 13.2 Å². The van der Waals surface area contributed by atoms with Crippen LogP contribution in [0.4, 0.5) is 0 Å². The maximum absolute atomic E-state index is 5.48. The zero-order valence-electron chi connectivity index (χ0n) is 15.3. The van der Waals surface area contributed by atoms with E-state index in [4.69, 9.17) is 4.74 Å². The Labute approximate surface area is 141 Å². The highest BCUT2D eigenvalue weighted by Gasteiger charge is 2.24. The normalized spacial score (nSPS) is 25.8. The molecule has 2 atom stereocenters. The first-order chi connectivity index (χ1) is 11.1. The summed E-state index contributed by atoms with van der Waals surface area (Å²) in [5.41, 5.74) is 0. The average molecular weight is 326 g/mol. The molecule has 2 fully saturated rings. The Hall–Kier alpha value is -0.850. The van der Waals surface area contributed by atoms with Crippen molar-refractivity contribution in [2.45, 2.75) is 38.8 Å². The molecule has 2 rings (SSSR count). The molecule has 2 aliphatic heterocycles. The zero-order chi connectivity index (χ0) is 16.7. The van der Waals surface area contributed by atoms with E-state index in [2.05, 4.69) is 46.3 Å². The van der Waals surface area contributed by atoms with E-state index in [1.165, 1.54) is 19.4 Å². The molecule has 2 unspecified atom stereocenters. The molecule has 6 heteroatoms. The fourth-order valence-electron chi connectivity index (χ4n) is 3.57. The Bertz CT molecular complexity index is 368. The van der Waals surface area contributed by atoms with Crippen molar-refractivity contribution in [2.24, 2.45) is 10.9 Å². The van der Waals surface area contributed by atoms with Crippen molar-refractivity contribution >= 4 is 5.96 Å². The van der Waals surface area contributed by atoms with Crippen LogP contribution in [-0.2, 0) is 4.74 Å². The van der Waals surface area contributed by atoms with Gasteiger partial charge in [-0.25, -0.2) is 0 Å². The van der Waals surface area contributed by atoms with Crippen LogP contribution in [0.25, 0.3) is 0 Å². The minimum absolute atomic E-state index is 0.520. The van der Waals surface area contributed by atoms with Gasteiger partial charge in [0, 0.05) is 45.3 Å². The van der Waals surface area contributed by atoms with Crippen LogP contribution in [0.2, 0.25) is 0 Å². The second-order valence-corrected chi connectivity index (χ2v) is 7.07. The Morgan fingerprint density at radius 1 is 1.22 bits per heavy atom. The van der Waals surface area contributed by atoms with Crippen LogP contribution in [0.1, 0.15) is 26.7 Å². The third kappa shape index (κ3) is 5.62. The number of likely N-dealkylation sites (N-methyl/N-ethyl adjacent to an activating group) is 1. The number of guanidine groups is 1. The number of nitrogens with zero attached hydrogens (tertiary/aromatic N) is 3. The second kappa shape index (κ2) is 9.45. The Morgan fingerprint density at radius 2 is 1.96 bits per heavy atom. The third-order valence-corrected chi connectivity index (χ3v) is 5.16. The molecule has 0 radical (unpaired) electrons. The number of likely N-dealkylation sites (tertiary alicyclic amines) is 1. The van der Waals surface area contributed by atoms with Crippen LogP contribution >= 0.6 is 0 Å². The van der Waals surface area contributed by atoms with Crippen LogP contribution in [0.3, 0.4) is 0 Å². The standard InChI is InChI=1S/C17H35N5O/c1-14(2)16(22-8-10-23-11-9-22)13-20-17(18-3)19-12-15-6-5-7-21(15)4/h14-16H,5-13H2,1-4H3,(H2,18,19,20). The van der Waals surface area contributed by atoms with Crippen molar-refractivity contribution in [3.05, 3.63) is 0 Å². The first-order valence-corrected chi connectivity index (χ1v) is 9.08. The maximum Gasteiger partial charge on any atom is 0.191 e. The van der Waals surface area contributed by atoms with E-state index in [0.717, 1.165) is 45.4 Å². The summed E-state index contributed by atoms with van der Waals surface area (Å²) in [7, 11) is 4.07. The number of nitrogens with one attached hydrogen (secondary N) is 2. The van der Waals surface area contributed by atoms with Gasteiger partial charge < -0.3 is 20.3 Å². The van der Waals surface area contributed by atoms with Crippen molar-refractivity contribution in [1.29, 1.82) is 0 Å². The Kier molecular flexibility index (Phi) is 7.59. The molecule has 0 bridgehead atoms. The molecule has 0 spiro atoms. The SMILES string of the molecule is CN=C(NCC1CCCN1C)NCC(C(C)C)N1CCOCC1. The van der Waals surface area contributed by atoms with Gasteiger partial charge >= 0.3 is 0 Å². The zero-order valence-corrected chi connectivity index (χ0v) is 15.3. The molecule has 2 aliphatic rings. The maximum atomic E-state index is 5.48. The van der Waals surface area contributed by atoms with E-state index in [0.29, 0.717) is 18.0 Å². The van der Waals surface area contributed by atoms with Crippen molar-refractivity contribution in [3.8, 4) is 0 Å². The van der Waals surface area contributed by atoms with E-state index in [1.807, 2.05) is 7.05 Å². The topological polar surface area (TPSA) is 52.1 Å². The van der Waals surface area contributed by atoms with Crippen LogP contribution in [0.5, 0.6) is 0 Å². The number of hydrogen-bond acceptors (Lipinski definition) is 4. The Balaban J connectivity index is 1.77. The average Bonchev–Trinajstić information content (AvgIpc) is 2.96. The molecule has 6 nitrogen and oxygen atoms in total. The van der Waals surface area contributed by atoms with E-state index in [9.17, 15) is 0 Å².